The molecule has 2 aromatic rings. The molecule has 9 nitrogen and oxygen atoms in total. The molecule has 1 fully saturated rings. The summed E-state index contributed by atoms with van der Waals surface area (Å²) in [6.07, 6.45) is 7.97. The van der Waals surface area contributed by atoms with Gasteiger partial charge in [0.1, 0.15) is 17.6 Å². The van der Waals surface area contributed by atoms with Crippen molar-refractivity contribution in [3.05, 3.63) is 65.0 Å². The number of nitrogens with zero attached hydrogens (tertiary/aromatic N) is 1. The number of benzene rings is 2. The second-order valence-corrected chi connectivity index (χ2v) is 11.2. The van der Waals surface area contributed by atoms with Gasteiger partial charge in [-0.3, -0.25) is 14.4 Å². The van der Waals surface area contributed by atoms with Gasteiger partial charge in [-0.25, -0.2) is 4.39 Å². The van der Waals surface area contributed by atoms with E-state index in [1.165, 1.54) is 24.1 Å². The van der Waals surface area contributed by atoms with Crippen molar-refractivity contribution in [2.24, 2.45) is 5.73 Å². The lowest BCUT2D eigenvalue weighted by atomic mass is 9.98. The average Bonchev–Trinajstić information content (AvgIpc) is 3.76. The third-order valence-corrected chi connectivity index (χ3v) is 8.02. The summed E-state index contributed by atoms with van der Waals surface area (Å²) in [6, 6.07) is 9.94. The molecule has 0 radical (unpaired) electrons. The van der Waals surface area contributed by atoms with Crippen LogP contribution in [0.1, 0.15) is 61.6 Å². The fraction of sp³-hybridized carbons (Fsp3) is 0.469. The van der Waals surface area contributed by atoms with Crippen molar-refractivity contribution in [3.8, 4) is 18.1 Å². The molecule has 2 unspecified atom stereocenters. The smallest absolute Gasteiger partial charge is 0.243 e. The Morgan fingerprint density at radius 3 is 2.76 bits per heavy atom. The van der Waals surface area contributed by atoms with Gasteiger partial charge in [0.25, 0.3) is 0 Å². The molecule has 2 bridgehead atoms. The maximum absolute atomic E-state index is 14.6. The van der Waals surface area contributed by atoms with E-state index >= 15 is 0 Å². The van der Waals surface area contributed by atoms with E-state index in [9.17, 15) is 23.9 Å². The highest BCUT2D eigenvalue weighted by Gasteiger charge is 2.44. The fourth-order valence-corrected chi connectivity index (χ4v) is 5.37. The molecule has 1 aliphatic heterocycles. The molecule has 2 aliphatic rings. The van der Waals surface area contributed by atoms with Gasteiger partial charge in [-0.15, -0.1) is 6.42 Å². The van der Waals surface area contributed by atoms with Crippen LogP contribution in [0.4, 0.5) is 4.39 Å². The SMILES string of the molecule is C#Cc1cccc(C2(NC[C@@H](O)C3Cc4cc(F)cc(c4)OCCCCCC(=O)N(C)C(CC(N)=O)C(=O)N3)CC2)c1. The van der Waals surface area contributed by atoms with Crippen LogP contribution >= 0.6 is 0 Å². The van der Waals surface area contributed by atoms with Crippen LogP contribution in [0.3, 0.4) is 0 Å². The number of hydrogen-bond acceptors (Lipinski definition) is 6. The van der Waals surface area contributed by atoms with Gasteiger partial charge in [-0.05, 0) is 73.9 Å². The lowest BCUT2D eigenvalue weighted by molar-refractivity contribution is -0.141. The van der Waals surface area contributed by atoms with E-state index in [-0.39, 0.29) is 37.3 Å². The highest BCUT2D eigenvalue weighted by molar-refractivity contribution is 5.91. The van der Waals surface area contributed by atoms with Crippen LogP contribution in [0.5, 0.6) is 5.75 Å². The van der Waals surface area contributed by atoms with Gasteiger partial charge in [0, 0.05) is 37.2 Å². The minimum Gasteiger partial charge on any atom is -0.493 e. The van der Waals surface area contributed by atoms with E-state index in [1.54, 1.807) is 6.07 Å². The zero-order valence-corrected chi connectivity index (χ0v) is 23.9. The van der Waals surface area contributed by atoms with Crippen LogP contribution in [0, 0.1) is 18.2 Å². The normalized spacial score (nSPS) is 21.9. The Morgan fingerprint density at radius 2 is 2.05 bits per heavy atom. The summed E-state index contributed by atoms with van der Waals surface area (Å²) in [7, 11) is 1.47. The predicted octanol–water partition coefficient (Wildman–Crippen LogP) is 2.13. The standard InChI is InChI=1S/C32H39FN4O5/c1-3-21-8-7-9-23(14-21)32(11-12-32)35-20-28(38)26-17-22-15-24(33)18-25(16-22)42-13-6-4-5-10-30(40)37(2)27(19-29(34)39)31(41)36-26/h1,7-9,14-16,18,26-28,35,38H,4-6,10-13,17,19-20H2,2H3,(H2,34,39)(H,36,41)/t26?,27?,28-/m1/s1. The van der Waals surface area contributed by atoms with E-state index < -0.39 is 35.8 Å². The number of nitrogens with one attached hydrogen (secondary N) is 2. The second kappa shape index (κ2) is 13.8. The highest BCUT2D eigenvalue weighted by Crippen LogP contribution is 2.45. The van der Waals surface area contributed by atoms with E-state index in [0.29, 0.717) is 37.2 Å². The fourth-order valence-electron chi connectivity index (χ4n) is 5.37. The van der Waals surface area contributed by atoms with Crippen LogP contribution in [0.2, 0.25) is 0 Å². The Balaban J connectivity index is 1.59. The summed E-state index contributed by atoms with van der Waals surface area (Å²) in [6.45, 7) is 0.464. The van der Waals surface area contributed by atoms with Crippen molar-refractivity contribution in [3.63, 3.8) is 0 Å². The number of carbonyl (C=O) groups is 3. The molecule has 1 saturated carbocycles. The Morgan fingerprint density at radius 1 is 1.26 bits per heavy atom. The lowest BCUT2D eigenvalue weighted by Gasteiger charge is -2.31. The summed E-state index contributed by atoms with van der Waals surface area (Å²) in [5.74, 6) is 0.840. The van der Waals surface area contributed by atoms with Gasteiger partial charge in [-0.2, -0.15) is 0 Å². The first-order valence-corrected chi connectivity index (χ1v) is 14.4. The summed E-state index contributed by atoms with van der Waals surface area (Å²) in [5, 5.41) is 17.7. The summed E-state index contributed by atoms with van der Waals surface area (Å²) in [4.78, 5) is 39.5. The molecule has 4 rings (SSSR count). The molecule has 3 atom stereocenters. The number of hydrogen-bond donors (Lipinski definition) is 4. The molecule has 1 aliphatic carbocycles. The maximum Gasteiger partial charge on any atom is 0.243 e. The molecule has 3 amide bonds. The number of amides is 3. The van der Waals surface area contributed by atoms with Crippen molar-refractivity contribution in [1.82, 2.24) is 15.5 Å². The third-order valence-electron chi connectivity index (χ3n) is 8.02. The van der Waals surface area contributed by atoms with Gasteiger partial charge in [-0.1, -0.05) is 18.1 Å². The number of primary amides is 1. The van der Waals surface area contributed by atoms with Crippen molar-refractivity contribution in [2.45, 2.75) is 75.1 Å². The maximum atomic E-state index is 14.6. The van der Waals surface area contributed by atoms with Crippen LogP contribution in [0.15, 0.2) is 42.5 Å². The Bertz CT molecular complexity index is 1340. The van der Waals surface area contributed by atoms with Crippen molar-refractivity contribution < 1.29 is 28.6 Å². The number of carbonyl (C=O) groups excluding carboxylic acids is 3. The van der Waals surface area contributed by atoms with Gasteiger partial charge >= 0.3 is 0 Å². The Kier molecular flexibility index (Phi) is 10.2. The topological polar surface area (TPSA) is 134 Å². The van der Waals surface area contributed by atoms with Crippen LogP contribution < -0.4 is 21.1 Å². The number of ether oxygens (including phenoxy) is 1. The largest absolute Gasteiger partial charge is 0.493 e. The van der Waals surface area contributed by atoms with Crippen molar-refractivity contribution in [1.29, 1.82) is 0 Å². The molecule has 2 aromatic carbocycles. The van der Waals surface area contributed by atoms with Crippen LogP contribution in [0.25, 0.3) is 0 Å². The lowest BCUT2D eigenvalue weighted by Crippen LogP contribution is -2.56. The zero-order valence-electron chi connectivity index (χ0n) is 23.9. The summed E-state index contributed by atoms with van der Waals surface area (Å²) >= 11 is 0. The third kappa shape index (κ3) is 8.08. The first kappa shape index (κ1) is 31.0. The van der Waals surface area contributed by atoms with E-state index in [0.717, 1.165) is 24.0 Å². The number of fused-ring (bicyclic) bond motifs is 2. The van der Waals surface area contributed by atoms with Gasteiger partial charge in [0.15, 0.2) is 0 Å². The number of halogens is 1. The predicted molar refractivity (Wildman–Crippen MR) is 156 cm³/mol. The molecule has 0 aromatic heterocycles. The first-order valence-electron chi connectivity index (χ1n) is 14.4. The molecule has 10 heteroatoms. The van der Waals surface area contributed by atoms with Gasteiger partial charge in [0.05, 0.1) is 25.2 Å². The average molecular weight is 579 g/mol. The number of terminal acetylenes is 1. The Hall–Kier alpha value is -3.94. The molecular weight excluding hydrogens is 539 g/mol. The van der Waals surface area contributed by atoms with Gasteiger partial charge < -0.3 is 31.1 Å². The van der Waals surface area contributed by atoms with Crippen LogP contribution in [-0.4, -0.2) is 66.1 Å². The van der Waals surface area contributed by atoms with Crippen molar-refractivity contribution >= 4 is 17.7 Å². The second-order valence-electron chi connectivity index (χ2n) is 11.2. The highest BCUT2D eigenvalue weighted by atomic mass is 19.1. The summed E-state index contributed by atoms with van der Waals surface area (Å²) < 4.78 is 20.3. The van der Waals surface area contributed by atoms with Crippen LogP contribution in [-0.2, 0) is 26.3 Å². The molecular formula is C32H39FN4O5. The molecule has 1 heterocycles. The number of aliphatic hydroxyl groups excluding tert-OH is 1. The minimum absolute atomic E-state index is 0.0727. The molecule has 5 N–H and O–H groups in total. The quantitative estimate of drug-likeness (QED) is 0.372. The van der Waals surface area contributed by atoms with Gasteiger partial charge in [0.2, 0.25) is 17.7 Å². The number of rotatable bonds is 7. The van der Waals surface area contributed by atoms with Crippen molar-refractivity contribution in [2.75, 3.05) is 20.2 Å². The van der Waals surface area contributed by atoms with E-state index in [2.05, 4.69) is 16.6 Å². The number of aliphatic hydroxyl groups is 1. The first-order chi connectivity index (χ1) is 20.1. The Labute approximate surface area is 246 Å². The molecule has 42 heavy (non-hydrogen) atoms. The molecule has 0 spiro atoms. The summed E-state index contributed by atoms with van der Waals surface area (Å²) in [5.41, 5.74) is 7.38. The molecule has 0 saturated heterocycles. The molecule has 224 valence electrons. The number of nitrogens with two attached hydrogens (primary N) is 1. The zero-order chi connectivity index (χ0) is 30.3. The van der Waals surface area contributed by atoms with E-state index in [1.807, 2.05) is 24.3 Å². The minimum atomic E-state index is -1.15. The van der Waals surface area contributed by atoms with E-state index in [4.69, 9.17) is 16.9 Å². The number of likely N-dealkylation sites (N-methyl/N-ethyl adjacent to an activating group) is 1. The monoisotopic (exact) mass is 578 g/mol.